The number of aromatic nitrogens is 5. The van der Waals surface area contributed by atoms with Gasteiger partial charge in [0.25, 0.3) is 0 Å². The van der Waals surface area contributed by atoms with Crippen LogP contribution in [-0.2, 0) is 0 Å². The van der Waals surface area contributed by atoms with Crippen molar-refractivity contribution in [2.75, 3.05) is 0 Å². The molecule has 262 valence electrons. The van der Waals surface area contributed by atoms with Gasteiger partial charge in [0.2, 0.25) is 0 Å². The third-order valence-electron chi connectivity index (χ3n) is 10.8. The highest BCUT2D eigenvalue weighted by Gasteiger charge is 2.20. The Bertz CT molecular complexity index is 3120. The number of rotatable bonds is 6. The van der Waals surface area contributed by atoms with Crippen molar-refractivity contribution in [1.29, 1.82) is 0 Å². The quantitative estimate of drug-likeness (QED) is 0.172. The van der Waals surface area contributed by atoms with Crippen LogP contribution in [-0.4, -0.2) is 24.1 Å². The molecule has 8 aromatic carbocycles. The molecule has 3 heterocycles. The second-order valence-corrected chi connectivity index (χ2v) is 14.1. The number of para-hydroxylation sites is 4. The van der Waals surface area contributed by atoms with Gasteiger partial charge in [0, 0.05) is 43.9 Å². The fraction of sp³-hybridized carbons (Fsp3) is 0. The van der Waals surface area contributed by atoms with E-state index >= 15 is 0 Å². The number of nitrogens with zero attached hydrogens (tertiary/aromatic N) is 5. The summed E-state index contributed by atoms with van der Waals surface area (Å²) in [6, 6.07) is 70.4. The molecule has 5 nitrogen and oxygen atoms in total. The molecule has 0 amide bonds. The lowest BCUT2D eigenvalue weighted by molar-refractivity contribution is 1.06. The maximum atomic E-state index is 5.11. The van der Waals surface area contributed by atoms with E-state index in [1.54, 1.807) is 0 Å². The van der Waals surface area contributed by atoms with Gasteiger partial charge in [0.15, 0.2) is 17.5 Å². The Hall–Kier alpha value is -7.63. The Labute approximate surface area is 323 Å². The number of hydrogen-bond donors (Lipinski definition) is 0. The molecule has 56 heavy (non-hydrogen) atoms. The lowest BCUT2D eigenvalue weighted by atomic mass is 10.0. The SMILES string of the molecule is c1ccc(-c2nc(-c3ccccc3)nc(-c3ccccc3-n3c4ccccc4c4cc(-c5ccc(-n6c7ccccc7c7ccccc76)cc5)ccc43)n2)cc1. The fourth-order valence-corrected chi connectivity index (χ4v) is 8.20. The van der Waals surface area contributed by atoms with E-state index < -0.39 is 0 Å². The van der Waals surface area contributed by atoms with Crippen LogP contribution in [0.15, 0.2) is 200 Å². The third-order valence-corrected chi connectivity index (χ3v) is 10.8. The van der Waals surface area contributed by atoms with Crippen LogP contribution in [0.5, 0.6) is 0 Å². The molecular formula is C51H33N5. The van der Waals surface area contributed by atoms with Gasteiger partial charge in [-0.05, 0) is 65.7 Å². The van der Waals surface area contributed by atoms with Crippen molar-refractivity contribution in [2.45, 2.75) is 0 Å². The molecule has 0 saturated heterocycles. The molecule has 0 aliphatic rings. The minimum Gasteiger partial charge on any atom is -0.309 e. The standard InChI is InChI=1S/C51H33N5/c1-3-15-35(16-4-1)49-52-50(36-17-5-2-6-18-36)54-51(53-49)42-22-10-14-26-47(42)56-46-25-13-9-21-41(46)43-33-37(29-32-48(43)56)34-27-30-38(31-28-34)55-44-23-11-7-19-39(44)40-20-8-12-24-45(40)55/h1-33H. The number of hydrogen-bond acceptors (Lipinski definition) is 3. The van der Waals surface area contributed by atoms with Gasteiger partial charge < -0.3 is 9.13 Å². The van der Waals surface area contributed by atoms with Crippen LogP contribution < -0.4 is 0 Å². The van der Waals surface area contributed by atoms with Gasteiger partial charge >= 0.3 is 0 Å². The minimum absolute atomic E-state index is 0.624. The molecule has 0 aliphatic carbocycles. The molecule has 3 aromatic heterocycles. The van der Waals surface area contributed by atoms with E-state index in [-0.39, 0.29) is 0 Å². The van der Waals surface area contributed by atoms with E-state index in [0.29, 0.717) is 17.5 Å². The first-order valence-electron chi connectivity index (χ1n) is 18.9. The summed E-state index contributed by atoms with van der Waals surface area (Å²) < 4.78 is 4.71. The molecule has 0 N–H and O–H groups in total. The van der Waals surface area contributed by atoms with Crippen LogP contribution in [0.1, 0.15) is 0 Å². The summed E-state index contributed by atoms with van der Waals surface area (Å²) in [7, 11) is 0. The highest BCUT2D eigenvalue weighted by molar-refractivity contribution is 6.11. The van der Waals surface area contributed by atoms with Crippen molar-refractivity contribution in [3.8, 4) is 56.7 Å². The summed E-state index contributed by atoms with van der Waals surface area (Å²) in [6.07, 6.45) is 0. The zero-order valence-electron chi connectivity index (χ0n) is 30.3. The Kier molecular flexibility index (Phi) is 7.42. The van der Waals surface area contributed by atoms with Crippen LogP contribution in [0.3, 0.4) is 0 Å². The predicted molar refractivity (Wildman–Crippen MR) is 230 cm³/mol. The van der Waals surface area contributed by atoms with Gasteiger partial charge in [0.1, 0.15) is 0 Å². The third kappa shape index (κ3) is 5.21. The van der Waals surface area contributed by atoms with Crippen LogP contribution in [0.2, 0.25) is 0 Å². The summed E-state index contributed by atoms with van der Waals surface area (Å²) in [4.78, 5) is 15.2. The van der Waals surface area contributed by atoms with Gasteiger partial charge in [-0.2, -0.15) is 0 Å². The Morgan fingerprint density at radius 1 is 0.286 bits per heavy atom. The van der Waals surface area contributed by atoms with Crippen LogP contribution in [0.25, 0.3) is 100 Å². The van der Waals surface area contributed by atoms with Gasteiger partial charge in [-0.1, -0.05) is 146 Å². The second kappa shape index (κ2) is 13.0. The first kappa shape index (κ1) is 31.9. The van der Waals surface area contributed by atoms with Gasteiger partial charge in [-0.25, -0.2) is 15.0 Å². The largest absolute Gasteiger partial charge is 0.309 e. The monoisotopic (exact) mass is 715 g/mol. The topological polar surface area (TPSA) is 48.5 Å². The fourth-order valence-electron chi connectivity index (χ4n) is 8.20. The predicted octanol–water partition coefficient (Wildman–Crippen LogP) is 12.7. The van der Waals surface area contributed by atoms with E-state index in [1.807, 2.05) is 60.7 Å². The summed E-state index contributed by atoms with van der Waals surface area (Å²) in [5.74, 6) is 1.90. The highest BCUT2D eigenvalue weighted by Crippen LogP contribution is 2.39. The molecule has 11 aromatic rings. The van der Waals surface area contributed by atoms with Crippen molar-refractivity contribution in [3.63, 3.8) is 0 Å². The summed E-state index contributed by atoms with van der Waals surface area (Å²) in [6.45, 7) is 0. The average Bonchev–Trinajstić information content (AvgIpc) is 3.79. The zero-order chi connectivity index (χ0) is 37.0. The maximum absolute atomic E-state index is 5.11. The Balaban J connectivity index is 1.05. The van der Waals surface area contributed by atoms with E-state index in [4.69, 9.17) is 15.0 Å². The molecule has 0 spiro atoms. The molecule has 11 rings (SSSR count). The molecule has 0 radical (unpaired) electrons. The molecule has 0 saturated carbocycles. The van der Waals surface area contributed by atoms with E-state index in [2.05, 4.69) is 149 Å². The van der Waals surface area contributed by atoms with Crippen molar-refractivity contribution in [3.05, 3.63) is 200 Å². The Morgan fingerprint density at radius 3 is 1.34 bits per heavy atom. The molecule has 0 bridgehead atoms. The molecule has 0 fully saturated rings. The molecule has 5 heteroatoms. The van der Waals surface area contributed by atoms with Crippen molar-refractivity contribution >= 4 is 43.6 Å². The molecule has 0 aliphatic heterocycles. The van der Waals surface area contributed by atoms with Crippen LogP contribution in [0, 0.1) is 0 Å². The smallest absolute Gasteiger partial charge is 0.166 e. The molecule has 0 atom stereocenters. The number of fused-ring (bicyclic) bond motifs is 6. The van der Waals surface area contributed by atoms with Crippen LogP contribution >= 0.6 is 0 Å². The maximum Gasteiger partial charge on any atom is 0.166 e. The van der Waals surface area contributed by atoms with Gasteiger partial charge in [-0.15, -0.1) is 0 Å². The van der Waals surface area contributed by atoms with Crippen molar-refractivity contribution in [2.24, 2.45) is 0 Å². The first-order chi connectivity index (χ1) is 27.8. The summed E-state index contributed by atoms with van der Waals surface area (Å²) in [5.41, 5.74) is 11.9. The minimum atomic E-state index is 0.624. The van der Waals surface area contributed by atoms with Gasteiger partial charge in [0.05, 0.1) is 27.8 Å². The van der Waals surface area contributed by atoms with Crippen molar-refractivity contribution in [1.82, 2.24) is 24.1 Å². The average molecular weight is 716 g/mol. The van der Waals surface area contributed by atoms with Crippen LogP contribution in [0.4, 0.5) is 0 Å². The normalized spacial score (nSPS) is 11.6. The van der Waals surface area contributed by atoms with Gasteiger partial charge in [-0.3, -0.25) is 0 Å². The Morgan fingerprint density at radius 2 is 0.732 bits per heavy atom. The highest BCUT2D eigenvalue weighted by atomic mass is 15.1. The number of benzene rings is 8. The zero-order valence-corrected chi connectivity index (χ0v) is 30.3. The lowest BCUT2D eigenvalue weighted by Crippen LogP contribution is -2.03. The van der Waals surface area contributed by atoms with E-state index in [0.717, 1.165) is 39.1 Å². The van der Waals surface area contributed by atoms with E-state index in [1.165, 1.54) is 43.7 Å². The van der Waals surface area contributed by atoms with Crippen molar-refractivity contribution < 1.29 is 0 Å². The lowest BCUT2D eigenvalue weighted by Gasteiger charge is -2.14. The molecular weight excluding hydrogens is 683 g/mol. The second-order valence-electron chi connectivity index (χ2n) is 14.1. The first-order valence-corrected chi connectivity index (χ1v) is 18.9. The van der Waals surface area contributed by atoms with E-state index in [9.17, 15) is 0 Å². The molecule has 0 unspecified atom stereocenters. The summed E-state index contributed by atoms with van der Waals surface area (Å²) in [5, 5.41) is 4.90. The summed E-state index contributed by atoms with van der Waals surface area (Å²) >= 11 is 0.